The number of hydrogen-bond acceptors (Lipinski definition) is 4. The second-order valence-corrected chi connectivity index (χ2v) is 7.71. The summed E-state index contributed by atoms with van der Waals surface area (Å²) in [5.74, 6) is 1.26. The molecule has 0 aromatic heterocycles. The van der Waals surface area contributed by atoms with E-state index in [0.717, 1.165) is 44.9 Å². The largest absolute Gasteiger partial charge is 0.494 e. The summed E-state index contributed by atoms with van der Waals surface area (Å²) in [5.41, 5.74) is 4.31. The van der Waals surface area contributed by atoms with Crippen molar-refractivity contribution >= 4 is 5.91 Å². The molecule has 1 saturated heterocycles. The standard InChI is InChI=1S/C21H33N3O2/c1-4-26-20-14-18-8-5-7-17(18)13-19(20)15-23-9-6-10-24(12-11-23)16-21(25)22(2)3/h13-14H,4-12,15-16H2,1-3H3. The van der Waals surface area contributed by atoms with Gasteiger partial charge in [0, 0.05) is 39.3 Å². The van der Waals surface area contributed by atoms with E-state index in [9.17, 15) is 4.79 Å². The molecule has 0 N–H and O–H groups in total. The highest BCUT2D eigenvalue weighted by molar-refractivity contribution is 5.77. The van der Waals surface area contributed by atoms with Gasteiger partial charge in [-0.3, -0.25) is 14.6 Å². The maximum atomic E-state index is 12.0. The molecule has 1 amide bonds. The molecule has 0 bridgehead atoms. The Balaban J connectivity index is 1.63. The van der Waals surface area contributed by atoms with E-state index in [0.29, 0.717) is 13.2 Å². The van der Waals surface area contributed by atoms with E-state index in [2.05, 4.69) is 28.9 Å². The van der Waals surface area contributed by atoms with Gasteiger partial charge in [0.15, 0.2) is 0 Å². The Labute approximate surface area is 157 Å². The van der Waals surface area contributed by atoms with Crippen LogP contribution in [-0.2, 0) is 24.2 Å². The van der Waals surface area contributed by atoms with Gasteiger partial charge in [-0.1, -0.05) is 6.07 Å². The average Bonchev–Trinajstić information content (AvgIpc) is 2.95. The lowest BCUT2D eigenvalue weighted by atomic mass is 10.0. The lowest BCUT2D eigenvalue weighted by molar-refractivity contribution is -0.129. The monoisotopic (exact) mass is 359 g/mol. The van der Waals surface area contributed by atoms with Gasteiger partial charge in [0.05, 0.1) is 13.2 Å². The molecule has 5 nitrogen and oxygen atoms in total. The van der Waals surface area contributed by atoms with Gasteiger partial charge in [-0.2, -0.15) is 0 Å². The van der Waals surface area contributed by atoms with E-state index in [1.807, 2.05) is 14.1 Å². The Morgan fingerprint density at radius 3 is 2.46 bits per heavy atom. The molecular formula is C21H33N3O2. The first-order valence-electron chi connectivity index (χ1n) is 9.99. The van der Waals surface area contributed by atoms with Crippen LogP contribution in [0.5, 0.6) is 5.75 Å². The third-order valence-corrected chi connectivity index (χ3v) is 5.51. The highest BCUT2D eigenvalue weighted by Crippen LogP contribution is 2.31. The molecule has 0 spiro atoms. The van der Waals surface area contributed by atoms with Crippen molar-refractivity contribution in [3.63, 3.8) is 0 Å². The summed E-state index contributed by atoms with van der Waals surface area (Å²) in [4.78, 5) is 18.5. The molecule has 0 saturated carbocycles. The highest BCUT2D eigenvalue weighted by atomic mass is 16.5. The summed E-state index contributed by atoms with van der Waals surface area (Å²) in [7, 11) is 3.66. The number of carbonyl (C=O) groups excluding carboxylic acids is 1. The highest BCUT2D eigenvalue weighted by Gasteiger charge is 2.20. The zero-order chi connectivity index (χ0) is 18.5. The zero-order valence-electron chi connectivity index (χ0n) is 16.6. The first-order chi connectivity index (χ1) is 12.6. The van der Waals surface area contributed by atoms with Gasteiger partial charge >= 0.3 is 0 Å². The van der Waals surface area contributed by atoms with Crippen LogP contribution in [0.1, 0.15) is 36.5 Å². The molecule has 1 heterocycles. The maximum absolute atomic E-state index is 12.0. The molecule has 0 radical (unpaired) electrons. The van der Waals surface area contributed by atoms with Gasteiger partial charge in [0.25, 0.3) is 0 Å². The molecule has 1 aliphatic carbocycles. The molecule has 1 fully saturated rings. The van der Waals surface area contributed by atoms with Crippen LogP contribution in [-0.4, -0.2) is 74.0 Å². The number of hydrogen-bond donors (Lipinski definition) is 0. The van der Waals surface area contributed by atoms with Crippen molar-refractivity contribution < 1.29 is 9.53 Å². The Bertz CT molecular complexity index is 630. The van der Waals surface area contributed by atoms with Gasteiger partial charge < -0.3 is 9.64 Å². The van der Waals surface area contributed by atoms with Gasteiger partial charge in [-0.25, -0.2) is 0 Å². The lowest BCUT2D eigenvalue weighted by Crippen LogP contribution is -2.38. The minimum atomic E-state index is 0.190. The lowest BCUT2D eigenvalue weighted by Gasteiger charge is -2.23. The topological polar surface area (TPSA) is 36.0 Å². The minimum Gasteiger partial charge on any atom is -0.494 e. The number of carbonyl (C=O) groups is 1. The number of likely N-dealkylation sites (N-methyl/N-ethyl adjacent to an activating group) is 1. The fraction of sp³-hybridized carbons (Fsp3) is 0.667. The first-order valence-corrected chi connectivity index (χ1v) is 9.99. The van der Waals surface area contributed by atoms with E-state index < -0.39 is 0 Å². The molecule has 5 heteroatoms. The third kappa shape index (κ3) is 4.77. The Morgan fingerprint density at radius 2 is 1.73 bits per heavy atom. The number of aryl methyl sites for hydroxylation is 2. The van der Waals surface area contributed by atoms with E-state index in [1.54, 1.807) is 4.90 Å². The van der Waals surface area contributed by atoms with Crippen molar-refractivity contribution in [2.45, 2.75) is 39.2 Å². The second kappa shape index (κ2) is 8.87. The van der Waals surface area contributed by atoms with E-state index in [-0.39, 0.29) is 5.91 Å². The van der Waals surface area contributed by atoms with Crippen molar-refractivity contribution in [2.75, 3.05) is 53.4 Å². The Morgan fingerprint density at radius 1 is 1.04 bits per heavy atom. The van der Waals surface area contributed by atoms with Crippen molar-refractivity contribution in [2.24, 2.45) is 0 Å². The summed E-state index contributed by atoms with van der Waals surface area (Å²) >= 11 is 0. The van der Waals surface area contributed by atoms with Gasteiger partial charge in [-0.15, -0.1) is 0 Å². The summed E-state index contributed by atoms with van der Waals surface area (Å²) in [6, 6.07) is 4.66. The number of ether oxygens (including phenoxy) is 1. The Hall–Kier alpha value is -1.59. The fourth-order valence-corrected chi connectivity index (χ4v) is 3.98. The smallest absolute Gasteiger partial charge is 0.236 e. The van der Waals surface area contributed by atoms with Crippen molar-refractivity contribution in [1.29, 1.82) is 0 Å². The first kappa shape index (κ1) is 19.2. The van der Waals surface area contributed by atoms with Crippen molar-refractivity contribution in [3.8, 4) is 5.75 Å². The van der Waals surface area contributed by atoms with E-state index >= 15 is 0 Å². The predicted octanol–water partition coefficient (Wildman–Crippen LogP) is 2.17. The number of amides is 1. The third-order valence-electron chi connectivity index (χ3n) is 5.51. The van der Waals surface area contributed by atoms with E-state index in [4.69, 9.17) is 4.74 Å². The molecular weight excluding hydrogens is 326 g/mol. The minimum absolute atomic E-state index is 0.190. The number of fused-ring (bicyclic) bond motifs is 1. The van der Waals surface area contributed by atoms with Crippen LogP contribution in [0.2, 0.25) is 0 Å². The molecule has 3 rings (SSSR count). The van der Waals surface area contributed by atoms with Crippen molar-refractivity contribution in [1.82, 2.24) is 14.7 Å². The molecule has 0 atom stereocenters. The molecule has 2 aliphatic rings. The van der Waals surface area contributed by atoms with Crippen LogP contribution in [0.3, 0.4) is 0 Å². The van der Waals surface area contributed by atoms with Crippen molar-refractivity contribution in [3.05, 3.63) is 28.8 Å². The zero-order valence-corrected chi connectivity index (χ0v) is 16.6. The SMILES string of the molecule is CCOc1cc2c(cc1CN1CCCN(CC(=O)N(C)C)CC1)CCC2. The van der Waals surface area contributed by atoms with Crippen LogP contribution in [0.25, 0.3) is 0 Å². The maximum Gasteiger partial charge on any atom is 0.236 e. The number of nitrogens with zero attached hydrogens (tertiary/aromatic N) is 3. The summed E-state index contributed by atoms with van der Waals surface area (Å²) in [5, 5.41) is 0. The van der Waals surface area contributed by atoms with Crippen LogP contribution in [0.15, 0.2) is 12.1 Å². The van der Waals surface area contributed by atoms with Crippen LogP contribution >= 0.6 is 0 Å². The normalized spacial score (nSPS) is 18.4. The molecule has 0 unspecified atom stereocenters. The Kier molecular flexibility index (Phi) is 6.54. The molecule has 26 heavy (non-hydrogen) atoms. The summed E-state index contributed by atoms with van der Waals surface area (Å²) in [6.07, 6.45) is 4.77. The average molecular weight is 360 g/mol. The van der Waals surface area contributed by atoms with Gasteiger partial charge in [0.1, 0.15) is 5.75 Å². The van der Waals surface area contributed by atoms with Crippen LogP contribution < -0.4 is 4.74 Å². The molecule has 1 aliphatic heterocycles. The molecule has 1 aromatic carbocycles. The predicted molar refractivity (Wildman–Crippen MR) is 105 cm³/mol. The molecule has 144 valence electrons. The second-order valence-electron chi connectivity index (χ2n) is 7.71. The summed E-state index contributed by atoms with van der Waals surface area (Å²) < 4.78 is 5.95. The van der Waals surface area contributed by atoms with Crippen LogP contribution in [0.4, 0.5) is 0 Å². The fourth-order valence-electron chi connectivity index (χ4n) is 3.98. The quantitative estimate of drug-likeness (QED) is 0.780. The van der Waals surface area contributed by atoms with Crippen LogP contribution in [0, 0.1) is 0 Å². The number of rotatable bonds is 6. The van der Waals surface area contributed by atoms with E-state index in [1.165, 1.54) is 36.0 Å². The molecule has 1 aromatic rings. The summed E-state index contributed by atoms with van der Waals surface area (Å²) in [6.45, 7) is 8.28. The van der Waals surface area contributed by atoms with Gasteiger partial charge in [0.2, 0.25) is 5.91 Å². The van der Waals surface area contributed by atoms with Gasteiger partial charge in [-0.05, 0) is 62.9 Å². The number of benzene rings is 1.